The van der Waals surface area contributed by atoms with Gasteiger partial charge in [-0.15, -0.1) is 23.5 Å². The van der Waals surface area contributed by atoms with E-state index in [4.69, 9.17) is 9.47 Å². The Morgan fingerprint density at radius 1 is 0.857 bits per heavy atom. The Labute approximate surface area is 133 Å². The van der Waals surface area contributed by atoms with Gasteiger partial charge in [0.15, 0.2) is 0 Å². The van der Waals surface area contributed by atoms with Gasteiger partial charge in [-0.05, 0) is 39.9 Å². The highest BCUT2D eigenvalue weighted by atomic mass is 32.2. The highest BCUT2D eigenvalue weighted by Gasteiger charge is 2.19. The number of hydrogen-bond donors (Lipinski definition) is 0. The zero-order valence-corrected chi connectivity index (χ0v) is 12.8. The monoisotopic (exact) mass is 314 g/mol. The molecule has 2 nitrogen and oxygen atoms in total. The zero-order valence-electron chi connectivity index (χ0n) is 11.2. The molecule has 0 radical (unpaired) electrons. The van der Waals surface area contributed by atoms with E-state index in [-0.39, 0.29) is 0 Å². The highest BCUT2D eigenvalue weighted by Crippen LogP contribution is 2.27. The summed E-state index contributed by atoms with van der Waals surface area (Å²) in [7, 11) is 0. The van der Waals surface area contributed by atoms with Crippen LogP contribution in [-0.4, -0.2) is 6.29 Å². The Kier molecular flexibility index (Phi) is 4.92. The van der Waals surface area contributed by atoms with Gasteiger partial charge in [-0.3, -0.25) is 0 Å². The van der Waals surface area contributed by atoms with E-state index in [0.717, 1.165) is 16.9 Å². The van der Waals surface area contributed by atoms with Gasteiger partial charge < -0.3 is 9.47 Å². The molecule has 0 aromatic carbocycles. The second-order valence-electron chi connectivity index (χ2n) is 4.28. The van der Waals surface area contributed by atoms with Gasteiger partial charge in [0, 0.05) is 11.1 Å². The summed E-state index contributed by atoms with van der Waals surface area (Å²) in [5.41, 5.74) is 2.02. The number of allylic oxidation sites excluding steroid dienone is 7. The normalized spacial score (nSPS) is 24.0. The average molecular weight is 314 g/mol. The van der Waals surface area contributed by atoms with E-state index < -0.39 is 6.29 Å². The molecule has 3 rings (SSSR count). The number of ether oxygens (including phenoxy) is 2. The fraction of sp³-hybridized carbons (Fsp3) is 0.0588. The molecule has 0 amide bonds. The van der Waals surface area contributed by atoms with Crippen LogP contribution in [-0.2, 0) is 9.47 Å². The lowest BCUT2D eigenvalue weighted by Crippen LogP contribution is -2.16. The van der Waals surface area contributed by atoms with Crippen molar-refractivity contribution in [3.63, 3.8) is 0 Å². The first-order valence-corrected chi connectivity index (χ1v) is 8.39. The quantitative estimate of drug-likeness (QED) is 0.700. The molecule has 21 heavy (non-hydrogen) atoms. The molecule has 0 fully saturated rings. The van der Waals surface area contributed by atoms with Gasteiger partial charge in [0.05, 0.1) is 6.26 Å². The third-order valence-corrected chi connectivity index (χ3v) is 4.15. The van der Waals surface area contributed by atoms with E-state index in [0.29, 0.717) is 0 Å². The van der Waals surface area contributed by atoms with E-state index in [2.05, 4.69) is 5.41 Å². The van der Waals surface area contributed by atoms with E-state index in [1.807, 2.05) is 64.8 Å². The van der Waals surface area contributed by atoms with Gasteiger partial charge in [0.1, 0.15) is 5.76 Å². The first kappa shape index (κ1) is 14.2. The number of hydrogen-bond acceptors (Lipinski definition) is 4. The van der Waals surface area contributed by atoms with E-state index >= 15 is 0 Å². The van der Waals surface area contributed by atoms with Crippen LogP contribution in [0.2, 0.25) is 0 Å². The Bertz CT molecular complexity index is 631. The van der Waals surface area contributed by atoms with Crippen LogP contribution in [0.3, 0.4) is 0 Å². The molecule has 106 valence electrons. The molecule has 1 atom stereocenters. The Morgan fingerprint density at radius 2 is 1.81 bits per heavy atom. The van der Waals surface area contributed by atoms with Gasteiger partial charge >= 0.3 is 0 Å². The van der Waals surface area contributed by atoms with Crippen molar-refractivity contribution in [3.05, 3.63) is 93.4 Å². The second-order valence-corrected chi connectivity index (χ2v) is 5.87. The molecule has 0 bridgehead atoms. The minimum atomic E-state index is -0.440. The van der Waals surface area contributed by atoms with Crippen molar-refractivity contribution in [2.45, 2.75) is 6.29 Å². The first-order chi connectivity index (χ1) is 10.4. The summed E-state index contributed by atoms with van der Waals surface area (Å²) in [5.74, 6) is 0.802. The van der Waals surface area contributed by atoms with Crippen LogP contribution >= 0.6 is 23.5 Å². The molecule has 0 N–H and O–H groups in total. The largest absolute Gasteiger partial charge is 0.458 e. The van der Waals surface area contributed by atoms with Crippen molar-refractivity contribution in [1.82, 2.24) is 0 Å². The Balaban J connectivity index is 1.82. The molecule has 0 aromatic heterocycles. The Morgan fingerprint density at radius 3 is 2.81 bits per heavy atom. The molecule has 0 aromatic rings. The van der Waals surface area contributed by atoms with Gasteiger partial charge in [-0.2, -0.15) is 0 Å². The van der Waals surface area contributed by atoms with Gasteiger partial charge in [0.25, 0.3) is 6.29 Å². The third kappa shape index (κ3) is 3.86. The SMILES string of the molecule is C1=COC(C2=CC=CSC=C2)OC(C2=CSC=CC=C2)=C1. The molecule has 3 heterocycles. The molecule has 1 unspecified atom stereocenters. The molecular weight excluding hydrogens is 300 g/mol. The smallest absolute Gasteiger partial charge is 0.266 e. The summed E-state index contributed by atoms with van der Waals surface area (Å²) >= 11 is 3.26. The zero-order chi connectivity index (χ0) is 14.3. The number of rotatable bonds is 2. The molecule has 4 heteroatoms. The van der Waals surface area contributed by atoms with Crippen molar-refractivity contribution in [3.8, 4) is 0 Å². The standard InChI is InChI=1S/C17H14O2S2/c1-2-10-21-13-15(5-1)16-7-3-9-18-17(19-16)14-6-4-11-20-12-8-14/h1-13,17H. The molecule has 0 saturated heterocycles. The summed E-state index contributed by atoms with van der Waals surface area (Å²) < 4.78 is 11.7. The van der Waals surface area contributed by atoms with E-state index in [1.54, 1.807) is 29.8 Å². The summed E-state index contributed by atoms with van der Waals surface area (Å²) in [5, 5.41) is 8.13. The summed E-state index contributed by atoms with van der Waals surface area (Å²) in [4.78, 5) is 0. The minimum absolute atomic E-state index is 0.440. The lowest BCUT2D eigenvalue weighted by Gasteiger charge is -2.20. The maximum atomic E-state index is 6.05. The van der Waals surface area contributed by atoms with Gasteiger partial charge in [-0.1, -0.05) is 30.4 Å². The topological polar surface area (TPSA) is 18.5 Å². The fourth-order valence-corrected chi connectivity index (χ4v) is 2.95. The van der Waals surface area contributed by atoms with Gasteiger partial charge in [0.2, 0.25) is 0 Å². The molecule has 3 aliphatic rings. The van der Waals surface area contributed by atoms with Crippen LogP contribution in [0.5, 0.6) is 0 Å². The molecule has 0 spiro atoms. The van der Waals surface area contributed by atoms with Crippen LogP contribution in [0.25, 0.3) is 0 Å². The van der Waals surface area contributed by atoms with Gasteiger partial charge in [-0.25, -0.2) is 0 Å². The lowest BCUT2D eigenvalue weighted by molar-refractivity contribution is -0.0372. The summed E-state index contributed by atoms with van der Waals surface area (Å²) in [6.45, 7) is 0. The average Bonchev–Trinajstić information content (AvgIpc) is 3.01. The van der Waals surface area contributed by atoms with Crippen LogP contribution < -0.4 is 0 Å². The maximum absolute atomic E-state index is 6.05. The molecule has 0 aliphatic carbocycles. The number of thioether (sulfide) groups is 2. The molecular formula is C17H14O2S2. The fourth-order valence-electron chi connectivity index (χ4n) is 1.85. The lowest BCUT2D eigenvalue weighted by atomic mass is 10.2. The van der Waals surface area contributed by atoms with E-state index in [1.165, 1.54) is 0 Å². The minimum Gasteiger partial charge on any atom is -0.458 e. The first-order valence-electron chi connectivity index (χ1n) is 6.50. The van der Waals surface area contributed by atoms with Crippen molar-refractivity contribution < 1.29 is 9.47 Å². The maximum Gasteiger partial charge on any atom is 0.266 e. The van der Waals surface area contributed by atoms with Crippen molar-refractivity contribution in [2.24, 2.45) is 0 Å². The van der Waals surface area contributed by atoms with Crippen molar-refractivity contribution in [2.75, 3.05) is 0 Å². The predicted molar refractivity (Wildman–Crippen MR) is 91.1 cm³/mol. The van der Waals surface area contributed by atoms with Crippen LogP contribution in [0.4, 0.5) is 0 Å². The van der Waals surface area contributed by atoms with E-state index in [9.17, 15) is 0 Å². The van der Waals surface area contributed by atoms with Crippen LogP contribution in [0.1, 0.15) is 0 Å². The second kappa shape index (κ2) is 7.29. The molecule has 3 aliphatic heterocycles. The van der Waals surface area contributed by atoms with Crippen molar-refractivity contribution in [1.29, 1.82) is 0 Å². The third-order valence-electron chi connectivity index (χ3n) is 2.84. The highest BCUT2D eigenvalue weighted by molar-refractivity contribution is 8.05. The molecule has 0 saturated carbocycles. The van der Waals surface area contributed by atoms with Crippen LogP contribution in [0, 0.1) is 0 Å². The summed E-state index contributed by atoms with van der Waals surface area (Å²) in [6.07, 6.45) is 17.1. The van der Waals surface area contributed by atoms with Crippen LogP contribution in [0.15, 0.2) is 93.4 Å². The van der Waals surface area contributed by atoms with Crippen molar-refractivity contribution >= 4 is 23.5 Å². The summed E-state index contributed by atoms with van der Waals surface area (Å²) in [6, 6.07) is 0. The Hall–Kier alpha value is -1.78. The predicted octanol–water partition coefficient (Wildman–Crippen LogP) is 5.16.